The summed E-state index contributed by atoms with van der Waals surface area (Å²) < 4.78 is 5.18. The third-order valence-corrected chi connectivity index (χ3v) is 4.59. The lowest BCUT2D eigenvalue weighted by Crippen LogP contribution is -2.15. The number of aromatic nitrogens is 4. The lowest BCUT2D eigenvalue weighted by molar-refractivity contribution is 0.656. The Morgan fingerprint density at radius 3 is 2.90 bits per heavy atom. The van der Waals surface area contributed by atoms with Crippen molar-refractivity contribution in [2.24, 2.45) is 7.05 Å². The number of imidazole rings is 1. The van der Waals surface area contributed by atoms with Gasteiger partial charge >= 0.3 is 0 Å². The Kier molecular flexibility index (Phi) is 3.94. The monoisotopic (exact) mass is 337 g/mol. The van der Waals surface area contributed by atoms with Crippen LogP contribution >= 0.6 is 15.9 Å². The summed E-state index contributed by atoms with van der Waals surface area (Å²) in [5.41, 5.74) is 3.39. The number of nitrogens with one attached hydrogen (secondary N) is 1. The van der Waals surface area contributed by atoms with E-state index in [9.17, 15) is 0 Å². The molecular weight excluding hydrogens is 318 g/mol. The molecule has 2 heterocycles. The Morgan fingerprint density at radius 1 is 1.45 bits per heavy atom. The molecule has 0 saturated heterocycles. The molecule has 1 saturated carbocycles. The van der Waals surface area contributed by atoms with Gasteiger partial charge < -0.3 is 9.88 Å². The van der Waals surface area contributed by atoms with Gasteiger partial charge in [0.25, 0.3) is 0 Å². The van der Waals surface area contributed by atoms with Crippen LogP contribution in [0.2, 0.25) is 0 Å². The minimum Gasteiger partial charge on any atom is -0.331 e. The van der Waals surface area contributed by atoms with Crippen LogP contribution in [0.25, 0.3) is 0 Å². The zero-order valence-electron chi connectivity index (χ0n) is 11.9. The second kappa shape index (κ2) is 5.69. The fraction of sp³-hybridized carbons (Fsp3) is 0.571. The second-order valence-corrected chi connectivity index (χ2v) is 6.17. The van der Waals surface area contributed by atoms with Gasteiger partial charge in [-0.1, -0.05) is 6.92 Å². The average Bonchev–Trinajstić information content (AvgIpc) is 3.11. The Hall–Kier alpha value is -1.14. The van der Waals surface area contributed by atoms with Crippen LogP contribution < -0.4 is 5.32 Å². The van der Waals surface area contributed by atoms with Crippen molar-refractivity contribution in [2.45, 2.75) is 45.3 Å². The van der Waals surface area contributed by atoms with Crippen LogP contribution in [0.5, 0.6) is 0 Å². The minimum atomic E-state index is 0.721. The van der Waals surface area contributed by atoms with Gasteiger partial charge in [-0.05, 0) is 35.2 Å². The van der Waals surface area contributed by atoms with Crippen molar-refractivity contribution in [3.8, 4) is 0 Å². The Balaban J connectivity index is 1.69. The number of halogens is 1. The molecule has 108 valence electrons. The molecule has 0 amide bonds. The topological polar surface area (TPSA) is 47.7 Å². The molecule has 0 aromatic carbocycles. The summed E-state index contributed by atoms with van der Waals surface area (Å²) >= 11 is 3.66. The summed E-state index contributed by atoms with van der Waals surface area (Å²) in [5, 5.41) is 8.01. The van der Waals surface area contributed by atoms with Crippen LogP contribution in [-0.2, 0) is 26.6 Å². The van der Waals surface area contributed by atoms with Crippen molar-refractivity contribution < 1.29 is 0 Å². The van der Waals surface area contributed by atoms with Gasteiger partial charge in [0.15, 0.2) is 0 Å². The standard InChI is InChI=1S/C14H20BrN5/c1-3-12-14(15)13(19(2)18-12)8-20-7-11(17-9-20)6-16-10-4-5-10/h7,9-10,16H,3-6,8H2,1-2H3. The van der Waals surface area contributed by atoms with E-state index in [4.69, 9.17) is 0 Å². The van der Waals surface area contributed by atoms with E-state index in [0.29, 0.717) is 0 Å². The van der Waals surface area contributed by atoms with Crippen LogP contribution in [-0.4, -0.2) is 25.4 Å². The van der Waals surface area contributed by atoms with Crippen LogP contribution in [0.4, 0.5) is 0 Å². The molecule has 1 N–H and O–H groups in total. The molecule has 1 aliphatic carbocycles. The van der Waals surface area contributed by atoms with Gasteiger partial charge in [-0.15, -0.1) is 0 Å². The molecule has 3 rings (SSSR count). The van der Waals surface area contributed by atoms with E-state index < -0.39 is 0 Å². The molecule has 20 heavy (non-hydrogen) atoms. The normalized spacial score (nSPS) is 14.9. The van der Waals surface area contributed by atoms with Gasteiger partial charge in [-0.3, -0.25) is 4.68 Å². The molecule has 1 fully saturated rings. The number of hydrogen-bond donors (Lipinski definition) is 1. The van der Waals surface area contributed by atoms with Crippen LogP contribution in [0, 0.1) is 0 Å². The van der Waals surface area contributed by atoms with E-state index in [2.05, 4.69) is 49.0 Å². The number of rotatable bonds is 6. The molecule has 0 spiro atoms. The van der Waals surface area contributed by atoms with Crippen molar-refractivity contribution in [2.75, 3.05) is 0 Å². The molecule has 0 radical (unpaired) electrons. The van der Waals surface area contributed by atoms with E-state index >= 15 is 0 Å². The maximum absolute atomic E-state index is 4.52. The summed E-state index contributed by atoms with van der Waals surface area (Å²) in [6.07, 6.45) is 7.56. The molecule has 0 unspecified atom stereocenters. The lowest BCUT2D eigenvalue weighted by atomic mass is 10.3. The van der Waals surface area contributed by atoms with Gasteiger partial charge in [0.2, 0.25) is 0 Å². The van der Waals surface area contributed by atoms with E-state index in [0.717, 1.165) is 41.4 Å². The summed E-state index contributed by atoms with van der Waals surface area (Å²) in [5.74, 6) is 0. The van der Waals surface area contributed by atoms with Gasteiger partial charge in [-0.25, -0.2) is 4.98 Å². The smallest absolute Gasteiger partial charge is 0.0953 e. The summed E-state index contributed by atoms with van der Waals surface area (Å²) in [6.45, 7) is 3.78. The Morgan fingerprint density at radius 2 is 2.25 bits per heavy atom. The molecule has 2 aromatic heterocycles. The fourth-order valence-electron chi connectivity index (χ4n) is 2.29. The third-order valence-electron chi connectivity index (χ3n) is 3.67. The van der Waals surface area contributed by atoms with Crippen molar-refractivity contribution in [3.63, 3.8) is 0 Å². The van der Waals surface area contributed by atoms with Crippen molar-refractivity contribution in [1.29, 1.82) is 0 Å². The highest BCUT2D eigenvalue weighted by Gasteiger charge is 2.20. The predicted octanol–water partition coefficient (Wildman–Crippen LogP) is 2.24. The third kappa shape index (κ3) is 2.96. The molecule has 0 aliphatic heterocycles. The first-order valence-corrected chi connectivity index (χ1v) is 7.91. The molecule has 2 aromatic rings. The zero-order valence-corrected chi connectivity index (χ0v) is 13.5. The zero-order chi connectivity index (χ0) is 14.1. The van der Waals surface area contributed by atoms with Crippen molar-refractivity contribution in [1.82, 2.24) is 24.6 Å². The van der Waals surface area contributed by atoms with Gasteiger partial charge in [0.1, 0.15) is 0 Å². The summed E-state index contributed by atoms with van der Waals surface area (Å²) in [7, 11) is 1.99. The molecule has 5 nitrogen and oxygen atoms in total. The molecule has 6 heteroatoms. The first-order chi connectivity index (χ1) is 9.67. The highest BCUT2D eigenvalue weighted by atomic mass is 79.9. The first-order valence-electron chi connectivity index (χ1n) is 7.11. The van der Waals surface area contributed by atoms with Crippen LogP contribution in [0.1, 0.15) is 36.8 Å². The number of nitrogens with zero attached hydrogens (tertiary/aromatic N) is 4. The predicted molar refractivity (Wildman–Crippen MR) is 81.5 cm³/mol. The number of aryl methyl sites for hydroxylation is 2. The number of hydrogen-bond acceptors (Lipinski definition) is 3. The van der Waals surface area contributed by atoms with E-state index in [1.54, 1.807) is 0 Å². The lowest BCUT2D eigenvalue weighted by Gasteiger charge is -2.04. The van der Waals surface area contributed by atoms with E-state index in [-0.39, 0.29) is 0 Å². The van der Waals surface area contributed by atoms with Crippen LogP contribution in [0.15, 0.2) is 17.0 Å². The quantitative estimate of drug-likeness (QED) is 0.879. The van der Waals surface area contributed by atoms with Gasteiger partial charge in [0, 0.05) is 25.8 Å². The minimum absolute atomic E-state index is 0.721. The average molecular weight is 338 g/mol. The fourth-order valence-corrected chi connectivity index (χ4v) is 3.03. The summed E-state index contributed by atoms with van der Waals surface area (Å²) in [6, 6.07) is 0.721. The summed E-state index contributed by atoms with van der Waals surface area (Å²) in [4.78, 5) is 4.45. The van der Waals surface area contributed by atoms with E-state index in [1.165, 1.54) is 18.5 Å². The van der Waals surface area contributed by atoms with Gasteiger partial charge in [-0.2, -0.15) is 5.10 Å². The Labute approximate surface area is 127 Å². The molecule has 0 atom stereocenters. The maximum Gasteiger partial charge on any atom is 0.0953 e. The van der Waals surface area contributed by atoms with Crippen LogP contribution in [0.3, 0.4) is 0 Å². The molecule has 0 bridgehead atoms. The first kappa shape index (κ1) is 13.8. The molecular formula is C14H20BrN5. The van der Waals surface area contributed by atoms with Crippen molar-refractivity contribution in [3.05, 3.63) is 34.1 Å². The highest BCUT2D eigenvalue weighted by Crippen LogP contribution is 2.22. The highest BCUT2D eigenvalue weighted by molar-refractivity contribution is 9.10. The molecule has 1 aliphatic rings. The second-order valence-electron chi connectivity index (χ2n) is 5.38. The largest absolute Gasteiger partial charge is 0.331 e. The van der Waals surface area contributed by atoms with Crippen molar-refractivity contribution >= 4 is 15.9 Å². The maximum atomic E-state index is 4.52. The Bertz CT molecular complexity index is 597. The SMILES string of the molecule is CCc1nn(C)c(Cn2cnc(CNC3CC3)c2)c1Br. The van der Waals surface area contributed by atoms with Gasteiger partial charge in [0.05, 0.1) is 34.4 Å². The van der Waals surface area contributed by atoms with E-state index in [1.807, 2.05) is 18.1 Å².